The number of nitriles is 1. The lowest BCUT2D eigenvalue weighted by Gasteiger charge is -2.30. The van der Waals surface area contributed by atoms with Crippen LogP contribution in [-0.4, -0.2) is 34.9 Å². The molecule has 0 bridgehead atoms. The average Bonchev–Trinajstić information content (AvgIpc) is 2.95. The predicted molar refractivity (Wildman–Crippen MR) is 104 cm³/mol. The van der Waals surface area contributed by atoms with Gasteiger partial charge in [-0.1, -0.05) is 0 Å². The first kappa shape index (κ1) is 19.0. The van der Waals surface area contributed by atoms with Crippen LogP contribution in [0.2, 0.25) is 0 Å². The van der Waals surface area contributed by atoms with Crippen molar-refractivity contribution in [1.82, 2.24) is 10.2 Å². The highest BCUT2D eigenvalue weighted by atomic mass is 32.1. The Morgan fingerprint density at radius 1 is 1.24 bits per heavy atom. The van der Waals surface area contributed by atoms with Gasteiger partial charge >= 0.3 is 0 Å². The Bertz CT molecular complexity index is 1130. The molecule has 146 valence electrons. The number of carbonyl (C=O) groups excluding carboxylic acids is 2. The molecule has 0 saturated carbocycles. The molecular formula is C20H14F2N4O2S. The summed E-state index contributed by atoms with van der Waals surface area (Å²) in [6.07, 6.45) is 0.217. The van der Waals surface area contributed by atoms with E-state index < -0.39 is 23.6 Å². The lowest BCUT2D eigenvalue weighted by atomic mass is 9.92. The summed E-state index contributed by atoms with van der Waals surface area (Å²) < 4.78 is 28.4. The van der Waals surface area contributed by atoms with Crippen LogP contribution in [0.1, 0.15) is 27.0 Å². The molecule has 0 aliphatic carbocycles. The number of hydrogen-bond acceptors (Lipinski definition) is 4. The Morgan fingerprint density at radius 3 is 2.66 bits per heavy atom. The van der Waals surface area contributed by atoms with Gasteiger partial charge in [0.05, 0.1) is 16.8 Å². The smallest absolute Gasteiger partial charge is 0.256 e. The van der Waals surface area contributed by atoms with Gasteiger partial charge in [-0.2, -0.15) is 5.26 Å². The predicted octanol–water partition coefficient (Wildman–Crippen LogP) is 2.25. The van der Waals surface area contributed by atoms with Crippen molar-refractivity contribution in [2.45, 2.75) is 19.0 Å². The molecule has 2 amide bonds. The summed E-state index contributed by atoms with van der Waals surface area (Å²) in [7, 11) is 1.42. The molecule has 2 aromatic rings. The van der Waals surface area contributed by atoms with E-state index in [1.54, 1.807) is 11.0 Å². The van der Waals surface area contributed by atoms with Gasteiger partial charge in [-0.15, -0.1) is 0 Å². The van der Waals surface area contributed by atoms with E-state index in [4.69, 9.17) is 17.5 Å². The van der Waals surface area contributed by atoms with Crippen molar-refractivity contribution < 1.29 is 18.4 Å². The van der Waals surface area contributed by atoms with E-state index in [0.717, 1.165) is 6.07 Å². The van der Waals surface area contributed by atoms with Crippen molar-refractivity contribution in [2.75, 3.05) is 11.9 Å². The van der Waals surface area contributed by atoms with Crippen LogP contribution in [0.4, 0.5) is 14.5 Å². The molecule has 29 heavy (non-hydrogen) atoms. The number of thiocarbonyl (C=S) groups is 1. The van der Waals surface area contributed by atoms with Crippen molar-refractivity contribution in [1.29, 1.82) is 5.26 Å². The Labute approximate surface area is 170 Å². The Balaban J connectivity index is 1.70. The average molecular weight is 412 g/mol. The van der Waals surface area contributed by atoms with Gasteiger partial charge in [0.25, 0.3) is 11.8 Å². The fourth-order valence-corrected chi connectivity index (χ4v) is 4.07. The highest BCUT2D eigenvalue weighted by molar-refractivity contribution is 7.80. The number of nitrogens with one attached hydrogen (secondary N) is 1. The van der Waals surface area contributed by atoms with Crippen LogP contribution in [0.25, 0.3) is 0 Å². The number of hydrogen-bond donors (Lipinski definition) is 1. The fourth-order valence-electron chi connectivity index (χ4n) is 3.68. The molecule has 1 fully saturated rings. The summed E-state index contributed by atoms with van der Waals surface area (Å²) in [5.41, 5.74) is 1.35. The summed E-state index contributed by atoms with van der Waals surface area (Å²) in [4.78, 5) is 27.8. The van der Waals surface area contributed by atoms with E-state index >= 15 is 0 Å². The zero-order chi connectivity index (χ0) is 20.9. The van der Waals surface area contributed by atoms with E-state index in [9.17, 15) is 18.4 Å². The summed E-state index contributed by atoms with van der Waals surface area (Å²) in [6.45, 7) is 0.226. The number of anilines is 1. The quantitative estimate of drug-likeness (QED) is 0.766. The van der Waals surface area contributed by atoms with Crippen LogP contribution >= 0.6 is 12.2 Å². The van der Waals surface area contributed by atoms with E-state index in [-0.39, 0.29) is 40.8 Å². The summed E-state index contributed by atoms with van der Waals surface area (Å²) >= 11 is 5.45. The zero-order valence-electron chi connectivity index (χ0n) is 15.2. The SMILES string of the molecule is CNC(=O)c1cc2c(cc1F)CC1C(=O)N(c3ccc(C#N)c(F)c3)C(=S)N1C2. The van der Waals surface area contributed by atoms with Crippen LogP contribution in [0.3, 0.4) is 0 Å². The minimum atomic E-state index is -0.744. The molecule has 1 unspecified atom stereocenters. The molecular weight excluding hydrogens is 398 g/mol. The Kier molecular flexibility index (Phi) is 4.51. The highest BCUT2D eigenvalue weighted by Crippen LogP contribution is 2.34. The number of fused-ring (bicyclic) bond motifs is 2. The minimum absolute atomic E-state index is 0.0767. The first-order chi connectivity index (χ1) is 13.8. The van der Waals surface area contributed by atoms with Crippen LogP contribution in [0.5, 0.6) is 0 Å². The van der Waals surface area contributed by atoms with Gasteiger partial charge in [0.1, 0.15) is 23.7 Å². The van der Waals surface area contributed by atoms with Crippen molar-refractivity contribution in [3.63, 3.8) is 0 Å². The second-order valence-corrected chi connectivity index (χ2v) is 7.13. The number of nitrogens with zero attached hydrogens (tertiary/aromatic N) is 3. The first-order valence-electron chi connectivity index (χ1n) is 8.73. The van der Waals surface area contributed by atoms with Crippen molar-refractivity contribution in [2.24, 2.45) is 0 Å². The molecule has 0 aromatic heterocycles. The molecule has 2 heterocycles. The van der Waals surface area contributed by atoms with Crippen LogP contribution < -0.4 is 10.2 Å². The van der Waals surface area contributed by atoms with Gasteiger partial charge < -0.3 is 10.2 Å². The van der Waals surface area contributed by atoms with Crippen LogP contribution in [-0.2, 0) is 17.8 Å². The highest BCUT2D eigenvalue weighted by Gasteiger charge is 2.45. The summed E-state index contributed by atoms with van der Waals surface area (Å²) in [6, 6.07) is 7.68. The van der Waals surface area contributed by atoms with Gasteiger partial charge in [0.15, 0.2) is 5.11 Å². The normalized spacial score (nSPS) is 17.7. The maximum atomic E-state index is 14.3. The van der Waals surface area contributed by atoms with E-state index in [2.05, 4.69) is 5.32 Å². The molecule has 0 spiro atoms. The number of halogens is 2. The Morgan fingerprint density at radius 2 is 2.00 bits per heavy atom. The molecule has 2 aliphatic heterocycles. The number of rotatable bonds is 2. The maximum absolute atomic E-state index is 14.3. The molecule has 1 N–H and O–H groups in total. The molecule has 2 aromatic carbocycles. The lowest BCUT2D eigenvalue weighted by Crippen LogP contribution is -2.40. The van der Waals surface area contributed by atoms with Gasteiger partial charge in [-0.3, -0.25) is 14.5 Å². The van der Waals surface area contributed by atoms with Crippen LogP contribution in [0.15, 0.2) is 30.3 Å². The molecule has 1 atom stereocenters. The minimum Gasteiger partial charge on any atom is -0.355 e. The van der Waals surface area contributed by atoms with E-state index in [0.29, 0.717) is 11.1 Å². The summed E-state index contributed by atoms with van der Waals surface area (Å²) in [5.74, 6) is -2.29. The van der Waals surface area contributed by atoms with E-state index in [1.807, 2.05) is 0 Å². The first-order valence-corrected chi connectivity index (χ1v) is 9.14. The van der Waals surface area contributed by atoms with Crippen LogP contribution in [0, 0.1) is 23.0 Å². The number of carbonyl (C=O) groups is 2. The fraction of sp³-hybridized carbons (Fsp3) is 0.200. The third-order valence-corrected chi connectivity index (χ3v) is 5.58. The second-order valence-electron chi connectivity index (χ2n) is 6.76. The van der Waals surface area contributed by atoms with Crippen molar-refractivity contribution in [3.05, 3.63) is 64.2 Å². The van der Waals surface area contributed by atoms with Gasteiger partial charge in [0.2, 0.25) is 0 Å². The molecule has 1 saturated heterocycles. The number of amides is 2. The molecule has 0 radical (unpaired) electrons. The monoisotopic (exact) mass is 412 g/mol. The topological polar surface area (TPSA) is 76.4 Å². The van der Waals surface area contributed by atoms with Gasteiger partial charge in [-0.05, 0) is 53.7 Å². The number of benzene rings is 2. The lowest BCUT2D eigenvalue weighted by molar-refractivity contribution is -0.120. The van der Waals surface area contributed by atoms with Crippen molar-refractivity contribution >= 4 is 34.8 Å². The molecule has 6 nitrogen and oxygen atoms in total. The van der Waals surface area contributed by atoms with Gasteiger partial charge in [-0.25, -0.2) is 8.78 Å². The molecule has 2 aliphatic rings. The zero-order valence-corrected chi connectivity index (χ0v) is 16.0. The third-order valence-electron chi connectivity index (χ3n) is 5.16. The molecule has 4 rings (SSSR count). The second kappa shape index (κ2) is 6.90. The maximum Gasteiger partial charge on any atom is 0.256 e. The summed E-state index contributed by atoms with van der Waals surface area (Å²) in [5, 5.41) is 11.5. The third kappa shape index (κ3) is 2.93. The molecule has 9 heteroatoms. The standard InChI is InChI=1S/C20H14F2N4O2S/c1-24-18(27)14-4-12-9-25-17(6-11(12)5-16(14)22)19(28)26(20(25)29)13-3-2-10(8-23)15(21)7-13/h2-5,7,17H,6,9H2,1H3,(H,24,27). The largest absolute Gasteiger partial charge is 0.355 e. The Hall–Kier alpha value is -3.38. The van der Waals surface area contributed by atoms with Gasteiger partial charge in [0, 0.05) is 20.0 Å². The van der Waals surface area contributed by atoms with Crippen molar-refractivity contribution in [3.8, 4) is 6.07 Å². The van der Waals surface area contributed by atoms with E-state index in [1.165, 1.54) is 36.2 Å².